The molecule has 3 saturated heterocycles. The Morgan fingerprint density at radius 3 is 2.48 bits per heavy atom. The van der Waals surface area contributed by atoms with E-state index in [1.165, 1.54) is 0 Å². The zero-order valence-corrected chi connectivity index (χ0v) is 32.0. The van der Waals surface area contributed by atoms with Crippen LogP contribution in [-0.4, -0.2) is 118 Å². The Kier molecular flexibility index (Phi) is 14.4. The summed E-state index contributed by atoms with van der Waals surface area (Å²) in [6.07, 6.45) is -0.512. The number of aromatic amines is 1. The molecule has 0 bridgehead atoms. The van der Waals surface area contributed by atoms with Gasteiger partial charge in [-0.3, -0.25) is 28.2 Å². The number of carbonyl (C=O) groups excluding carboxylic acids is 2. The molecule has 0 aromatic carbocycles. The Bertz CT molecular complexity index is 1850. The number of H-pyrrole nitrogens is 1. The number of aromatic nitrogens is 4. The van der Waals surface area contributed by atoms with Gasteiger partial charge in [0, 0.05) is 24.0 Å². The standard InChI is InChI=1S/C26H43N8O16P3S/c27-25-32-22-19(23(38)33-25)29-13-34(22)24-21(37)20(36)15(48-24)11-47-52(42,43)50-53(44,45)49-51(40,41)46-10-6-2-1-5-9-28-17(35)8-4-3-7-16-18-14(12-54-16)30-26(39)31-18/h13-16,18,20-21,24,36-37H,1-12H2,(H,28,35)(H,40,41)(H,42,43)(H,44,45)(H2,30,31,39)(H3,27,32,33,38)/t14-,15+,16-,18-,20+,21+,24+/m0/s1. The number of ether oxygens (including phenoxy) is 1. The molecule has 3 unspecified atom stereocenters. The van der Waals surface area contributed by atoms with Crippen LogP contribution >= 0.6 is 35.2 Å². The number of hydrogen-bond donors (Lipinski definition) is 10. The first-order valence-corrected chi connectivity index (χ1v) is 22.4. The second-order valence-corrected chi connectivity index (χ2v) is 18.6. The van der Waals surface area contributed by atoms with Crippen molar-refractivity contribution in [1.29, 1.82) is 0 Å². The van der Waals surface area contributed by atoms with Crippen molar-refractivity contribution in [3.05, 3.63) is 16.7 Å². The number of hydrogen-bond acceptors (Lipinski definition) is 17. The molecule has 304 valence electrons. The number of unbranched alkanes of at least 4 members (excludes halogenated alkanes) is 4. The molecule has 0 spiro atoms. The highest BCUT2D eigenvalue weighted by molar-refractivity contribution is 8.00. The van der Waals surface area contributed by atoms with Crippen LogP contribution in [0.3, 0.4) is 0 Å². The van der Waals surface area contributed by atoms with E-state index in [2.05, 4.69) is 48.6 Å². The monoisotopic (exact) mass is 848 g/mol. The molecule has 28 heteroatoms. The van der Waals surface area contributed by atoms with Crippen LogP contribution in [0.15, 0.2) is 11.1 Å². The molecule has 54 heavy (non-hydrogen) atoms. The van der Waals surface area contributed by atoms with E-state index in [1.807, 2.05) is 11.8 Å². The maximum absolute atomic E-state index is 12.4. The third kappa shape index (κ3) is 11.5. The number of urea groups is 1. The summed E-state index contributed by atoms with van der Waals surface area (Å²) in [5.74, 6) is 0.535. The number of anilines is 1. The number of nitrogens with one attached hydrogen (secondary N) is 4. The average molecular weight is 849 g/mol. The van der Waals surface area contributed by atoms with Crippen LogP contribution in [0.5, 0.6) is 0 Å². The maximum Gasteiger partial charge on any atom is 0.490 e. The van der Waals surface area contributed by atoms with Crippen LogP contribution < -0.4 is 27.2 Å². The number of fused-ring (bicyclic) bond motifs is 2. The van der Waals surface area contributed by atoms with Gasteiger partial charge >= 0.3 is 29.5 Å². The molecule has 3 amide bonds. The van der Waals surface area contributed by atoms with E-state index in [0.29, 0.717) is 37.5 Å². The van der Waals surface area contributed by atoms with Gasteiger partial charge in [0.05, 0.1) is 31.6 Å². The smallest absolute Gasteiger partial charge is 0.387 e. The Morgan fingerprint density at radius 1 is 1.00 bits per heavy atom. The lowest BCUT2D eigenvalue weighted by atomic mass is 10.0. The Balaban J connectivity index is 0.930. The number of amides is 3. The van der Waals surface area contributed by atoms with Gasteiger partial charge < -0.3 is 51.3 Å². The van der Waals surface area contributed by atoms with Gasteiger partial charge in [0.1, 0.15) is 18.3 Å². The molecule has 3 fully saturated rings. The maximum atomic E-state index is 12.4. The van der Waals surface area contributed by atoms with Crippen molar-refractivity contribution in [1.82, 2.24) is 35.5 Å². The molecular formula is C26H43N8O16P3S. The van der Waals surface area contributed by atoms with Gasteiger partial charge in [-0.2, -0.15) is 25.4 Å². The number of nitrogen functional groups attached to an aromatic ring is 1. The van der Waals surface area contributed by atoms with Crippen molar-refractivity contribution >= 4 is 64.3 Å². The number of phosphoric ester groups is 2. The molecule has 0 radical (unpaired) electrons. The van der Waals surface area contributed by atoms with Gasteiger partial charge in [-0.05, 0) is 25.7 Å². The molecule has 3 aliphatic heterocycles. The normalized spacial score (nSPS) is 28.5. The van der Waals surface area contributed by atoms with E-state index in [9.17, 15) is 53.0 Å². The van der Waals surface area contributed by atoms with Crippen LogP contribution in [0.25, 0.3) is 11.2 Å². The van der Waals surface area contributed by atoms with Crippen molar-refractivity contribution in [2.75, 3.05) is 31.2 Å². The summed E-state index contributed by atoms with van der Waals surface area (Å²) >= 11 is 1.83. The molecule has 0 aliphatic carbocycles. The third-order valence-corrected chi connectivity index (χ3v) is 14.4. The van der Waals surface area contributed by atoms with E-state index in [-0.39, 0.29) is 47.6 Å². The highest BCUT2D eigenvalue weighted by atomic mass is 32.2. The first kappa shape index (κ1) is 42.7. The van der Waals surface area contributed by atoms with Crippen LogP contribution in [0.2, 0.25) is 0 Å². The molecule has 2 aromatic heterocycles. The SMILES string of the molecule is Nc1nc2c(ncn2[C@@H]2O[C@H](COP(=O)(O)OP(=O)(O)OP(=O)(O)OCCCCCCNC(=O)CCCC[C@@H]3SC[C@@H]4NC(=O)N[C@@H]43)[C@@H](O)[C@H]2O)c(=O)[nH]1. The summed E-state index contributed by atoms with van der Waals surface area (Å²) < 4.78 is 60.8. The fourth-order valence-electron chi connectivity index (χ4n) is 6.07. The minimum atomic E-state index is -5.77. The van der Waals surface area contributed by atoms with Crippen LogP contribution in [0.4, 0.5) is 10.7 Å². The lowest BCUT2D eigenvalue weighted by Gasteiger charge is -2.20. The molecule has 3 aliphatic rings. The second kappa shape index (κ2) is 18.2. The highest BCUT2D eigenvalue weighted by Crippen LogP contribution is 2.67. The largest absolute Gasteiger partial charge is 0.490 e. The predicted octanol–water partition coefficient (Wildman–Crippen LogP) is 0.0910. The van der Waals surface area contributed by atoms with Crippen molar-refractivity contribution < 1.29 is 70.6 Å². The zero-order valence-electron chi connectivity index (χ0n) is 28.5. The number of aliphatic hydroxyl groups is 2. The Hall–Kier alpha value is -2.47. The number of nitrogens with zero attached hydrogens (tertiary/aromatic N) is 3. The number of nitrogens with two attached hydrogens (primary N) is 1. The van der Waals surface area contributed by atoms with Crippen molar-refractivity contribution in [2.24, 2.45) is 0 Å². The van der Waals surface area contributed by atoms with Gasteiger partial charge in [-0.1, -0.05) is 19.3 Å². The molecule has 5 heterocycles. The number of phosphoric acid groups is 3. The summed E-state index contributed by atoms with van der Waals surface area (Å²) in [7, 11) is -16.6. The fraction of sp³-hybridized carbons (Fsp3) is 0.731. The lowest BCUT2D eigenvalue weighted by Crippen LogP contribution is -2.36. The summed E-state index contributed by atoms with van der Waals surface area (Å²) in [6, 6.07) is 0.179. The number of thioether (sulfide) groups is 1. The molecule has 10 atom stereocenters. The number of carbonyl (C=O) groups is 2. The summed E-state index contributed by atoms with van der Waals surface area (Å²) in [5, 5.41) is 29.9. The molecule has 11 N–H and O–H groups in total. The zero-order chi connectivity index (χ0) is 39.3. The number of rotatable bonds is 21. The third-order valence-electron chi connectivity index (χ3n) is 8.61. The van der Waals surface area contributed by atoms with Gasteiger partial charge in [0.25, 0.3) is 5.56 Å². The summed E-state index contributed by atoms with van der Waals surface area (Å²) in [6.45, 7) is -0.972. The van der Waals surface area contributed by atoms with Crippen molar-refractivity contribution in [3.63, 3.8) is 0 Å². The quantitative estimate of drug-likeness (QED) is 0.0452. The molecule has 24 nitrogen and oxygen atoms in total. The molecule has 2 aromatic rings. The number of imidazole rings is 1. The Morgan fingerprint density at radius 2 is 1.72 bits per heavy atom. The van der Waals surface area contributed by atoms with Crippen LogP contribution in [0.1, 0.15) is 57.6 Å². The minimum Gasteiger partial charge on any atom is -0.387 e. The lowest BCUT2D eigenvalue weighted by molar-refractivity contribution is -0.121. The van der Waals surface area contributed by atoms with Crippen LogP contribution in [-0.2, 0) is 40.9 Å². The van der Waals surface area contributed by atoms with E-state index < -0.39 is 66.8 Å². The van der Waals surface area contributed by atoms with Crippen molar-refractivity contribution in [3.8, 4) is 0 Å². The summed E-state index contributed by atoms with van der Waals surface area (Å²) in [4.78, 5) is 75.3. The topological polar surface area (TPSA) is 358 Å². The predicted molar refractivity (Wildman–Crippen MR) is 187 cm³/mol. The first-order chi connectivity index (χ1) is 25.4. The van der Waals surface area contributed by atoms with E-state index in [1.54, 1.807) is 0 Å². The van der Waals surface area contributed by atoms with Crippen molar-refractivity contribution in [2.45, 2.75) is 93.2 Å². The van der Waals surface area contributed by atoms with Gasteiger partial charge in [0.2, 0.25) is 11.9 Å². The van der Waals surface area contributed by atoms with E-state index in [4.69, 9.17) is 10.5 Å². The van der Waals surface area contributed by atoms with E-state index >= 15 is 0 Å². The summed E-state index contributed by atoms with van der Waals surface area (Å²) in [5.41, 5.74) is 4.58. The Labute approximate surface area is 311 Å². The molecular weight excluding hydrogens is 805 g/mol. The van der Waals surface area contributed by atoms with Gasteiger partial charge in [0.15, 0.2) is 17.4 Å². The van der Waals surface area contributed by atoms with Gasteiger partial charge in [-0.15, -0.1) is 0 Å². The minimum absolute atomic E-state index is 0.0712. The highest BCUT2D eigenvalue weighted by Gasteiger charge is 2.47. The number of aliphatic hydroxyl groups excluding tert-OH is 2. The van der Waals surface area contributed by atoms with Crippen LogP contribution in [0, 0.1) is 0 Å². The van der Waals surface area contributed by atoms with E-state index in [0.717, 1.165) is 35.9 Å². The fourth-order valence-corrected chi connectivity index (χ4v) is 11.2. The second-order valence-electron chi connectivity index (χ2n) is 12.7. The average Bonchev–Trinajstić information content (AvgIpc) is 3.82. The van der Waals surface area contributed by atoms with Gasteiger partial charge in [-0.25, -0.2) is 23.5 Å². The molecule has 5 rings (SSSR count). The molecule has 0 saturated carbocycles. The first-order valence-electron chi connectivity index (χ1n) is 16.8.